The first-order valence-electron chi connectivity index (χ1n) is 7.26. The van der Waals surface area contributed by atoms with Crippen LogP contribution in [0, 0.1) is 0 Å². The number of benzene rings is 2. The molecular formula is C18H17ClO4. The average Bonchev–Trinajstić information content (AvgIpc) is 2.55. The van der Waals surface area contributed by atoms with Gasteiger partial charge < -0.3 is 9.84 Å². The molecule has 1 N–H and O–H groups in total. The van der Waals surface area contributed by atoms with Crippen molar-refractivity contribution >= 4 is 23.4 Å². The lowest BCUT2D eigenvalue weighted by molar-refractivity contribution is -0.145. The van der Waals surface area contributed by atoms with Crippen LogP contribution in [0.2, 0.25) is 5.02 Å². The minimum Gasteiger partial charge on any atom is -0.479 e. The number of carboxylic acid groups (broad SMARTS) is 1. The maximum absolute atomic E-state index is 12.2. The molecule has 0 aliphatic carbocycles. The highest BCUT2D eigenvalue weighted by Crippen LogP contribution is 2.17. The zero-order valence-corrected chi connectivity index (χ0v) is 13.4. The Kier molecular flexibility index (Phi) is 5.77. The van der Waals surface area contributed by atoms with Crippen molar-refractivity contribution in [3.63, 3.8) is 0 Å². The van der Waals surface area contributed by atoms with Gasteiger partial charge in [-0.05, 0) is 48.4 Å². The Hall–Kier alpha value is -2.33. The Morgan fingerprint density at radius 1 is 1.09 bits per heavy atom. The second-order valence-corrected chi connectivity index (χ2v) is 5.54. The predicted molar refractivity (Wildman–Crippen MR) is 88.3 cm³/mol. The third kappa shape index (κ3) is 4.83. The summed E-state index contributed by atoms with van der Waals surface area (Å²) in [6.45, 7) is 1.74. The lowest BCUT2D eigenvalue weighted by Gasteiger charge is -2.13. The van der Waals surface area contributed by atoms with Crippen molar-refractivity contribution in [2.75, 3.05) is 0 Å². The first-order valence-corrected chi connectivity index (χ1v) is 7.64. The zero-order valence-electron chi connectivity index (χ0n) is 12.7. The van der Waals surface area contributed by atoms with E-state index in [0.29, 0.717) is 22.8 Å². The van der Waals surface area contributed by atoms with Gasteiger partial charge in [0.2, 0.25) is 0 Å². The van der Waals surface area contributed by atoms with Crippen LogP contribution in [0.3, 0.4) is 0 Å². The van der Waals surface area contributed by atoms with Crippen molar-refractivity contribution in [2.45, 2.75) is 25.9 Å². The maximum atomic E-state index is 12.2. The molecule has 2 rings (SSSR count). The van der Waals surface area contributed by atoms with Gasteiger partial charge in [0.25, 0.3) is 0 Å². The number of carbonyl (C=O) groups is 2. The Morgan fingerprint density at radius 3 is 2.22 bits per heavy atom. The number of aliphatic carboxylic acids is 1. The molecular weight excluding hydrogens is 316 g/mol. The fourth-order valence-corrected chi connectivity index (χ4v) is 2.21. The van der Waals surface area contributed by atoms with Gasteiger partial charge in [-0.15, -0.1) is 0 Å². The Bertz CT molecular complexity index is 677. The number of ether oxygens (including phenoxy) is 1. The molecule has 5 heteroatoms. The summed E-state index contributed by atoms with van der Waals surface area (Å²) in [4.78, 5) is 23.2. The van der Waals surface area contributed by atoms with Crippen LogP contribution in [0.1, 0.15) is 29.3 Å². The van der Waals surface area contributed by atoms with E-state index in [1.165, 1.54) is 0 Å². The highest BCUT2D eigenvalue weighted by Gasteiger charge is 2.16. The molecule has 0 amide bonds. The molecule has 2 aromatic rings. The minimum atomic E-state index is -1.00. The van der Waals surface area contributed by atoms with Crippen molar-refractivity contribution in [2.24, 2.45) is 0 Å². The second-order valence-electron chi connectivity index (χ2n) is 5.10. The summed E-state index contributed by atoms with van der Waals surface area (Å²) < 4.78 is 5.37. The van der Waals surface area contributed by atoms with E-state index in [4.69, 9.17) is 21.4 Å². The quantitative estimate of drug-likeness (QED) is 0.778. The lowest BCUT2D eigenvalue weighted by Crippen LogP contribution is -2.25. The number of hydrogen-bond acceptors (Lipinski definition) is 3. The molecule has 1 atom stereocenters. The topological polar surface area (TPSA) is 63.6 Å². The van der Waals surface area contributed by atoms with Crippen molar-refractivity contribution in [1.82, 2.24) is 0 Å². The normalized spacial score (nSPS) is 11.7. The Balaban J connectivity index is 2.02. The number of carbonyl (C=O) groups excluding carboxylic acids is 1. The molecule has 0 bridgehead atoms. The summed E-state index contributed by atoms with van der Waals surface area (Å²) in [6.07, 6.45) is -0.234. The molecule has 0 fully saturated rings. The van der Waals surface area contributed by atoms with Crippen LogP contribution in [-0.4, -0.2) is 23.0 Å². The summed E-state index contributed by atoms with van der Waals surface area (Å²) in [6, 6.07) is 13.6. The first kappa shape index (κ1) is 17.0. The third-order valence-electron chi connectivity index (χ3n) is 3.38. The van der Waals surface area contributed by atoms with Crippen molar-refractivity contribution in [1.29, 1.82) is 0 Å². The highest BCUT2D eigenvalue weighted by atomic mass is 35.5. The molecule has 0 aliphatic heterocycles. The molecule has 0 saturated heterocycles. The molecule has 120 valence electrons. The first-order chi connectivity index (χ1) is 11.0. The number of ketones is 1. The average molecular weight is 333 g/mol. The minimum absolute atomic E-state index is 0.0239. The number of carboxylic acids is 1. The summed E-state index contributed by atoms with van der Waals surface area (Å²) in [5.41, 5.74) is 1.44. The van der Waals surface area contributed by atoms with Crippen LogP contribution in [0.5, 0.6) is 5.75 Å². The van der Waals surface area contributed by atoms with Crippen LogP contribution < -0.4 is 4.74 Å². The van der Waals surface area contributed by atoms with Gasteiger partial charge in [0.05, 0.1) is 0 Å². The van der Waals surface area contributed by atoms with E-state index in [0.717, 1.165) is 5.56 Å². The van der Waals surface area contributed by atoms with Crippen LogP contribution in [0.4, 0.5) is 0 Å². The van der Waals surface area contributed by atoms with Crippen LogP contribution in [0.15, 0.2) is 48.5 Å². The molecule has 0 heterocycles. The number of rotatable bonds is 7. The van der Waals surface area contributed by atoms with Gasteiger partial charge in [0, 0.05) is 17.0 Å². The maximum Gasteiger partial charge on any atom is 0.344 e. The second kappa shape index (κ2) is 7.79. The largest absolute Gasteiger partial charge is 0.479 e. The number of hydrogen-bond donors (Lipinski definition) is 1. The Morgan fingerprint density at radius 2 is 1.70 bits per heavy atom. The van der Waals surface area contributed by atoms with Gasteiger partial charge in [-0.25, -0.2) is 4.79 Å². The van der Waals surface area contributed by atoms with Gasteiger partial charge >= 0.3 is 5.97 Å². The van der Waals surface area contributed by atoms with E-state index in [1.54, 1.807) is 43.3 Å². The fraction of sp³-hybridized carbons (Fsp3) is 0.222. The van der Waals surface area contributed by atoms with Crippen LogP contribution >= 0.6 is 11.6 Å². The van der Waals surface area contributed by atoms with E-state index in [2.05, 4.69) is 0 Å². The number of halogens is 1. The molecule has 0 radical (unpaired) electrons. The molecule has 2 aromatic carbocycles. The smallest absolute Gasteiger partial charge is 0.344 e. The molecule has 0 aliphatic rings. The molecule has 1 unspecified atom stereocenters. The van der Waals surface area contributed by atoms with Gasteiger partial charge in [0.15, 0.2) is 11.9 Å². The highest BCUT2D eigenvalue weighted by molar-refractivity contribution is 6.30. The molecule has 4 nitrogen and oxygen atoms in total. The van der Waals surface area contributed by atoms with Crippen molar-refractivity contribution < 1.29 is 19.4 Å². The summed E-state index contributed by atoms with van der Waals surface area (Å²) >= 11 is 5.82. The molecule has 0 spiro atoms. The third-order valence-corrected chi connectivity index (χ3v) is 3.63. The predicted octanol–water partition coefficient (Wildman–Crippen LogP) is 4.01. The Labute approximate surface area is 139 Å². The van der Waals surface area contributed by atoms with Crippen molar-refractivity contribution in [3.8, 4) is 5.75 Å². The van der Waals surface area contributed by atoms with E-state index >= 15 is 0 Å². The van der Waals surface area contributed by atoms with Gasteiger partial charge in [-0.2, -0.15) is 0 Å². The van der Waals surface area contributed by atoms with Crippen molar-refractivity contribution in [3.05, 3.63) is 64.7 Å². The summed E-state index contributed by atoms with van der Waals surface area (Å²) in [5.74, 6) is -0.596. The molecule has 0 saturated carbocycles. The summed E-state index contributed by atoms with van der Waals surface area (Å²) in [7, 11) is 0. The fourth-order valence-electron chi connectivity index (χ4n) is 2.08. The molecule has 0 aromatic heterocycles. The van der Waals surface area contributed by atoms with E-state index < -0.39 is 12.1 Å². The van der Waals surface area contributed by atoms with Gasteiger partial charge in [-0.1, -0.05) is 30.7 Å². The molecule has 23 heavy (non-hydrogen) atoms. The summed E-state index contributed by atoms with van der Waals surface area (Å²) in [5, 5.41) is 9.60. The van der Waals surface area contributed by atoms with Crippen LogP contribution in [-0.2, 0) is 11.2 Å². The standard InChI is InChI=1S/C18H17ClO4/c1-2-17(18(21)22)23-15-9-5-13(6-10-15)16(20)11-12-3-7-14(19)8-4-12/h3-10,17H,2,11H2,1H3,(H,21,22). The van der Waals surface area contributed by atoms with Gasteiger partial charge in [0.1, 0.15) is 5.75 Å². The SMILES string of the molecule is CCC(Oc1ccc(C(=O)Cc2ccc(Cl)cc2)cc1)C(=O)O. The monoisotopic (exact) mass is 332 g/mol. The lowest BCUT2D eigenvalue weighted by atomic mass is 10.0. The van der Waals surface area contributed by atoms with E-state index in [9.17, 15) is 9.59 Å². The van der Waals surface area contributed by atoms with Crippen LogP contribution in [0.25, 0.3) is 0 Å². The van der Waals surface area contributed by atoms with Gasteiger partial charge in [-0.3, -0.25) is 4.79 Å². The number of Topliss-reactive ketones (excluding diaryl/α,β-unsaturated/α-hetero) is 1. The van der Waals surface area contributed by atoms with E-state index in [1.807, 2.05) is 12.1 Å². The van der Waals surface area contributed by atoms with E-state index in [-0.39, 0.29) is 12.2 Å². The zero-order chi connectivity index (χ0) is 16.8.